The first-order valence-electron chi connectivity index (χ1n) is 7.61. The van der Waals surface area contributed by atoms with Crippen LogP contribution in [0.4, 0.5) is 5.13 Å². The zero-order valence-corrected chi connectivity index (χ0v) is 15.7. The monoisotopic (exact) mass is 401 g/mol. The molecule has 3 aromatic heterocycles. The Morgan fingerprint density at radius 1 is 1.23 bits per heavy atom. The van der Waals surface area contributed by atoms with Gasteiger partial charge < -0.3 is 5.32 Å². The van der Waals surface area contributed by atoms with Gasteiger partial charge in [0, 0.05) is 34.6 Å². The van der Waals surface area contributed by atoms with Crippen molar-refractivity contribution in [1.82, 2.24) is 19.6 Å². The van der Waals surface area contributed by atoms with Crippen molar-refractivity contribution in [3.63, 3.8) is 0 Å². The SMILES string of the molecule is O=C(CSc1nccn2nc(-c3ccc(Cl)cc3)cc12)Nc1nccs1. The molecular weight excluding hydrogens is 390 g/mol. The van der Waals surface area contributed by atoms with Gasteiger partial charge in [-0.1, -0.05) is 35.5 Å². The number of thioether (sulfide) groups is 1. The third kappa shape index (κ3) is 3.72. The van der Waals surface area contributed by atoms with Crippen LogP contribution in [0, 0.1) is 0 Å². The van der Waals surface area contributed by atoms with Gasteiger partial charge in [-0.2, -0.15) is 5.10 Å². The Morgan fingerprint density at radius 2 is 2.08 bits per heavy atom. The van der Waals surface area contributed by atoms with Crippen LogP contribution < -0.4 is 5.32 Å². The molecule has 26 heavy (non-hydrogen) atoms. The molecule has 4 rings (SSSR count). The molecule has 1 amide bonds. The molecule has 1 N–H and O–H groups in total. The van der Waals surface area contributed by atoms with Crippen molar-refractivity contribution >= 4 is 51.3 Å². The molecule has 6 nitrogen and oxygen atoms in total. The molecule has 0 saturated heterocycles. The molecule has 0 aliphatic carbocycles. The van der Waals surface area contributed by atoms with Gasteiger partial charge in [0.15, 0.2) is 5.13 Å². The molecule has 0 unspecified atom stereocenters. The van der Waals surface area contributed by atoms with Crippen LogP contribution in [0.15, 0.2) is 59.3 Å². The summed E-state index contributed by atoms with van der Waals surface area (Å²) in [6.07, 6.45) is 5.11. The number of aromatic nitrogens is 4. The second kappa shape index (κ2) is 7.45. The maximum absolute atomic E-state index is 12.1. The lowest BCUT2D eigenvalue weighted by molar-refractivity contribution is -0.113. The summed E-state index contributed by atoms with van der Waals surface area (Å²) in [5, 5.41) is 11.2. The molecule has 0 aliphatic rings. The highest BCUT2D eigenvalue weighted by molar-refractivity contribution is 8.00. The van der Waals surface area contributed by atoms with Crippen molar-refractivity contribution in [3.8, 4) is 11.3 Å². The second-order valence-corrected chi connectivity index (χ2v) is 7.57. The van der Waals surface area contributed by atoms with E-state index in [1.54, 1.807) is 23.1 Å². The van der Waals surface area contributed by atoms with E-state index in [9.17, 15) is 4.79 Å². The maximum atomic E-state index is 12.1. The summed E-state index contributed by atoms with van der Waals surface area (Å²) in [4.78, 5) is 20.5. The number of hydrogen-bond acceptors (Lipinski definition) is 6. The van der Waals surface area contributed by atoms with Gasteiger partial charge in [0.05, 0.1) is 17.0 Å². The zero-order valence-electron chi connectivity index (χ0n) is 13.3. The van der Waals surface area contributed by atoms with Crippen LogP contribution in [0.3, 0.4) is 0 Å². The Balaban J connectivity index is 1.54. The third-order valence-electron chi connectivity index (χ3n) is 3.51. The Hall–Kier alpha value is -2.42. The molecule has 0 atom stereocenters. The lowest BCUT2D eigenvalue weighted by Gasteiger charge is -2.03. The average molecular weight is 402 g/mol. The molecule has 0 aliphatic heterocycles. The van der Waals surface area contributed by atoms with Crippen molar-refractivity contribution in [2.75, 3.05) is 11.1 Å². The molecular formula is C17H12ClN5OS2. The minimum atomic E-state index is -0.119. The molecule has 4 aromatic rings. The lowest BCUT2D eigenvalue weighted by Crippen LogP contribution is -2.13. The van der Waals surface area contributed by atoms with Gasteiger partial charge in [-0.25, -0.2) is 14.5 Å². The Bertz CT molecular complexity index is 1050. The largest absolute Gasteiger partial charge is 0.301 e. The number of carbonyl (C=O) groups excluding carboxylic acids is 1. The number of benzene rings is 1. The summed E-state index contributed by atoms with van der Waals surface area (Å²) in [5.41, 5.74) is 2.64. The molecule has 0 fully saturated rings. The Labute approximate surface area is 162 Å². The normalized spacial score (nSPS) is 11.0. The molecule has 9 heteroatoms. The minimum Gasteiger partial charge on any atom is -0.301 e. The number of carbonyl (C=O) groups is 1. The van der Waals surface area contributed by atoms with Crippen molar-refractivity contribution < 1.29 is 4.79 Å². The standard InChI is InChI=1S/C17H12ClN5OS2/c18-12-3-1-11(2-4-12)13-9-14-16(19-5-7-23(14)22-13)26-10-15(24)21-17-20-6-8-25-17/h1-9H,10H2,(H,20,21,24). The number of rotatable bonds is 5. The average Bonchev–Trinajstić information content (AvgIpc) is 3.30. The number of amides is 1. The Morgan fingerprint density at radius 3 is 2.85 bits per heavy atom. The van der Waals surface area contributed by atoms with Gasteiger partial charge in [-0.05, 0) is 18.2 Å². The van der Waals surface area contributed by atoms with Crippen molar-refractivity contribution in [3.05, 3.63) is 59.3 Å². The zero-order chi connectivity index (χ0) is 17.9. The summed E-state index contributed by atoms with van der Waals surface area (Å²) in [6, 6.07) is 9.46. The molecule has 3 heterocycles. The summed E-state index contributed by atoms with van der Waals surface area (Å²) in [5.74, 6) is 0.124. The van der Waals surface area contributed by atoms with Crippen molar-refractivity contribution in [2.45, 2.75) is 5.03 Å². The van der Waals surface area contributed by atoms with Gasteiger partial charge in [-0.3, -0.25) is 4.79 Å². The van der Waals surface area contributed by atoms with E-state index < -0.39 is 0 Å². The van der Waals surface area contributed by atoms with Crippen LogP contribution in [0.5, 0.6) is 0 Å². The molecule has 130 valence electrons. The van der Waals surface area contributed by atoms with E-state index in [4.69, 9.17) is 11.6 Å². The first kappa shape index (κ1) is 17.0. The topological polar surface area (TPSA) is 72.2 Å². The van der Waals surface area contributed by atoms with E-state index in [0.29, 0.717) is 10.2 Å². The van der Waals surface area contributed by atoms with E-state index in [0.717, 1.165) is 21.8 Å². The number of nitrogens with zero attached hydrogens (tertiary/aromatic N) is 4. The molecule has 0 saturated carbocycles. The van der Waals surface area contributed by atoms with Gasteiger partial charge in [0.25, 0.3) is 0 Å². The van der Waals surface area contributed by atoms with Crippen molar-refractivity contribution in [1.29, 1.82) is 0 Å². The van der Waals surface area contributed by atoms with Crippen LogP contribution in [0.1, 0.15) is 0 Å². The van der Waals surface area contributed by atoms with Crippen LogP contribution in [-0.2, 0) is 4.79 Å². The summed E-state index contributed by atoms with van der Waals surface area (Å²) in [7, 11) is 0. The van der Waals surface area contributed by atoms with E-state index in [1.807, 2.05) is 35.7 Å². The van der Waals surface area contributed by atoms with Gasteiger partial charge >= 0.3 is 0 Å². The van der Waals surface area contributed by atoms with E-state index in [-0.39, 0.29) is 11.7 Å². The van der Waals surface area contributed by atoms with Gasteiger partial charge in [0.1, 0.15) is 5.03 Å². The fourth-order valence-electron chi connectivity index (χ4n) is 2.35. The molecule has 0 spiro atoms. The highest BCUT2D eigenvalue weighted by Gasteiger charge is 2.12. The Kier molecular flexibility index (Phi) is 4.87. The first-order valence-corrected chi connectivity index (χ1v) is 9.86. The van der Waals surface area contributed by atoms with Crippen LogP contribution in [-0.4, -0.2) is 31.2 Å². The fourth-order valence-corrected chi connectivity index (χ4v) is 3.79. The second-order valence-electron chi connectivity index (χ2n) is 5.27. The lowest BCUT2D eigenvalue weighted by atomic mass is 10.1. The highest BCUT2D eigenvalue weighted by atomic mass is 35.5. The van der Waals surface area contributed by atoms with Gasteiger partial charge in [-0.15, -0.1) is 11.3 Å². The molecule has 0 bridgehead atoms. The number of halogens is 1. The van der Waals surface area contributed by atoms with Crippen LogP contribution in [0.25, 0.3) is 16.8 Å². The number of hydrogen-bond donors (Lipinski definition) is 1. The first-order chi connectivity index (χ1) is 12.7. The van der Waals surface area contributed by atoms with Gasteiger partial charge in [0.2, 0.25) is 5.91 Å². The quantitative estimate of drug-likeness (QED) is 0.506. The number of thiazole rings is 1. The smallest absolute Gasteiger partial charge is 0.236 e. The number of anilines is 1. The van der Waals surface area contributed by atoms with E-state index in [2.05, 4.69) is 20.4 Å². The fraction of sp³-hybridized carbons (Fsp3) is 0.0588. The number of fused-ring (bicyclic) bond motifs is 1. The van der Waals surface area contributed by atoms with Crippen LogP contribution >= 0.6 is 34.7 Å². The summed E-state index contributed by atoms with van der Waals surface area (Å²) in [6.45, 7) is 0. The minimum absolute atomic E-state index is 0.119. The summed E-state index contributed by atoms with van der Waals surface area (Å²) < 4.78 is 1.76. The predicted molar refractivity (Wildman–Crippen MR) is 105 cm³/mol. The molecule has 0 radical (unpaired) electrons. The summed E-state index contributed by atoms with van der Waals surface area (Å²) >= 11 is 8.69. The van der Waals surface area contributed by atoms with E-state index in [1.165, 1.54) is 23.1 Å². The third-order valence-corrected chi connectivity index (χ3v) is 5.45. The van der Waals surface area contributed by atoms with E-state index >= 15 is 0 Å². The van der Waals surface area contributed by atoms with Crippen LogP contribution in [0.2, 0.25) is 5.02 Å². The predicted octanol–water partition coefficient (Wildman–Crippen LogP) is 4.24. The van der Waals surface area contributed by atoms with Crippen molar-refractivity contribution in [2.24, 2.45) is 0 Å². The number of nitrogens with one attached hydrogen (secondary N) is 1. The highest BCUT2D eigenvalue weighted by Crippen LogP contribution is 2.27. The maximum Gasteiger partial charge on any atom is 0.236 e. The molecule has 1 aromatic carbocycles.